The number of furan rings is 1. The van der Waals surface area contributed by atoms with Crippen LogP contribution in [-0.2, 0) is 13.0 Å². The first kappa shape index (κ1) is 14.8. The van der Waals surface area contributed by atoms with E-state index in [9.17, 15) is 10.1 Å². The van der Waals surface area contributed by atoms with E-state index in [1.807, 2.05) is 18.2 Å². The average molecular weight is 301 g/mol. The van der Waals surface area contributed by atoms with Gasteiger partial charge in [-0.05, 0) is 30.9 Å². The highest BCUT2D eigenvalue weighted by atomic mass is 16.6. The summed E-state index contributed by atoms with van der Waals surface area (Å²) in [7, 11) is 0. The van der Waals surface area contributed by atoms with Crippen LogP contribution in [0.5, 0.6) is 0 Å². The van der Waals surface area contributed by atoms with Gasteiger partial charge in [-0.1, -0.05) is 12.1 Å². The number of quaternary nitrogens is 1. The van der Waals surface area contributed by atoms with Crippen molar-refractivity contribution in [3.63, 3.8) is 0 Å². The molecule has 2 aromatic rings. The molecule has 116 valence electrons. The summed E-state index contributed by atoms with van der Waals surface area (Å²) in [5.41, 5.74) is 1.23. The lowest BCUT2D eigenvalue weighted by molar-refractivity contribution is -0.919. The first-order valence-corrected chi connectivity index (χ1v) is 7.80. The van der Waals surface area contributed by atoms with E-state index in [1.54, 1.807) is 24.5 Å². The molecule has 0 spiro atoms. The Morgan fingerprint density at radius 1 is 1.23 bits per heavy atom. The lowest BCUT2D eigenvalue weighted by atomic mass is 9.92. The molecule has 1 aromatic carbocycles. The summed E-state index contributed by atoms with van der Waals surface area (Å²) >= 11 is 0. The Kier molecular flexibility index (Phi) is 4.53. The number of hydrogen-bond donors (Lipinski definition) is 1. The normalized spacial score (nSPS) is 21.6. The fraction of sp³-hybridized carbons (Fsp3) is 0.412. The zero-order valence-electron chi connectivity index (χ0n) is 12.5. The summed E-state index contributed by atoms with van der Waals surface area (Å²) in [5.74, 6) is 1.77. The Balaban J connectivity index is 1.51. The summed E-state index contributed by atoms with van der Waals surface area (Å²) in [6, 6.07) is 11.0. The molecule has 0 aliphatic carbocycles. The van der Waals surface area contributed by atoms with E-state index in [0.29, 0.717) is 5.92 Å². The second-order valence-electron chi connectivity index (χ2n) is 6.08. The van der Waals surface area contributed by atoms with Gasteiger partial charge in [0.25, 0.3) is 5.69 Å². The number of benzene rings is 1. The van der Waals surface area contributed by atoms with Crippen molar-refractivity contribution in [1.82, 2.24) is 0 Å². The number of hydrogen-bond acceptors (Lipinski definition) is 3. The molecule has 1 aromatic heterocycles. The van der Waals surface area contributed by atoms with E-state index in [4.69, 9.17) is 4.42 Å². The predicted octanol–water partition coefficient (Wildman–Crippen LogP) is 2.23. The van der Waals surface area contributed by atoms with Crippen molar-refractivity contribution < 1.29 is 14.2 Å². The maximum absolute atomic E-state index is 10.8. The molecule has 3 rings (SSSR count). The average Bonchev–Trinajstić information content (AvgIpc) is 3.02. The van der Waals surface area contributed by atoms with Crippen LogP contribution in [0.2, 0.25) is 0 Å². The second kappa shape index (κ2) is 6.75. The van der Waals surface area contributed by atoms with Crippen LogP contribution >= 0.6 is 0 Å². The topological polar surface area (TPSA) is 60.7 Å². The Morgan fingerprint density at radius 3 is 2.73 bits per heavy atom. The van der Waals surface area contributed by atoms with Gasteiger partial charge in [0.15, 0.2) is 0 Å². The minimum atomic E-state index is -0.325. The molecule has 1 aliphatic rings. The SMILES string of the molecule is O=[N+]([O-])c1cccc(C[NH+]2CCC(Cc3ccco3)CC2)c1. The summed E-state index contributed by atoms with van der Waals surface area (Å²) in [6.07, 6.45) is 5.13. The molecule has 0 bridgehead atoms. The van der Waals surface area contributed by atoms with Crippen LogP contribution < -0.4 is 4.90 Å². The Bertz CT molecular complexity index is 617. The lowest BCUT2D eigenvalue weighted by Gasteiger charge is -2.28. The Morgan fingerprint density at radius 2 is 2.05 bits per heavy atom. The highest BCUT2D eigenvalue weighted by Crippen LogP contribution is 2.17. The van der Waals surface area contributed by atoms with E-state index in [1.165, 1.54) is 17.7 Å². The Labute approximate surface area is 129 Å². The van der Waals surface area contributed by atoms with Crippen LogP contribution in [0.25, 0.3) is 0 Å². The monoisotopic (exact) mass is 301 g/mol. The van der Waals surface area contributed by atoms with E-state index < -0.39 is 0 Å². The molecule has 1 saturated heterocycles. The minimum absolute atomic E-state index is 0.185. The molecule has 22 heavy (non-hydrogen) atoms. The van der Waals surface area contributed by atoms with Gasteiger partial charge in [-0.2, -0.15) is 0 Å². The zero-order chi connectivity index (χ0) is 15.4. The van der Waals surface area contributed by atoms with Gasteiger partial charge < -0.3 is 9.32 Å². The molecule has 1 fully saturated rings. The number of piperidine rings is 1. The van der Waals surface area contributed by atoms with Crippen LogP contribution in [-0.4, -0.2) is 18.0 Å². The first-order valence-electron chi connectivity index (χ1n) is 7.80. The van der Waals surface area contributed by atoms with Gasteiger partial charge in [0.2, 0.25) is 0 Å². The molecule has 0 atom stereocenters. The third-order valence-electron chi connectivity index (χ3n) is 4.46. The summed E-state index contributed by atoms with van der Waals surface area (Å²) in [4.78, 5) is 12.0. The van der Waals surface area contributed by atoms with Crippen molar-refractivity contribution in [1.29, 1.82) is 0 Å². The van der Waals surface area contributed by atoms with Crippen molar-refractivity contribution >= 4 is 5.69 Å². The second-order valence-corrected chi connectivity index (χ2v) is 6.08. The van der Waals surface area contributed by atoms with Crippen LogP contribution in [0.3, 0.4) is 0 Å². The van der Waals surface area contributed by atoms with Gasteiger partial charge in [0.05, 0.1) is 24.3 Å². The predicted molar refractivity (Wildman–Crippen MR) is 82.6 cm³/mol. The first-order chi connectivity index (χ1) is 10.7. The number of rotatable bonds is 5. The van der Waals surface area contributed by atoms with E-state index >= 15 is 0 Å². The van der Waals surface area contributed by atoms with Crippen molar-refractivity contribution in [3.05, 3.63) is 64.1 Å². The molecule has 0 saturated carbocycles. The minimum Gasteiger partial charge on any atom is -0.469 e. The van der Waals surface area contributed by atoms with Crippen LogP contribution in [0, 0.1) is 16.0 Å². The van der Waals surface area contributed by atoms with Crippen molar-refractivity contribution in [2.24, 2.45) is 5.92 Å². The number of nitrogens with zero attached hydrogens (tertiary/aromatic N) is 1. The van der Waals surface area contributed by atoms with Crippen molar-refractivity contribution in [2.75, 3.05) is 13.1 Å². The van der Waals surface area contributed by atoms with E-state index in [0.717, 1.165) is 37.4 Å². The van der Waals surface area contributed by atoms with Crippen molar-refractivity contribution in [3.8, 4) is 0 Å². The number of nitro groups is 1. The van der Waals surface area contributed by atoms with E-state index in [-0.39, 0.29) is 10.6 Å². The number of non-ortho nitro benzene ring substituents is 1. The van der Waals surface area contributed by atoms with Gasteiger partial charge >= 0.3 is 0 Å². The maximum Gasteiger partial charge on any atom is 0.269 e. The molecular weight excluding hydrogens is 280 g/mol. The molecule has 5 nitrogen and oxygen atoms in total. The molecule has 2 heterocycles. The molecular formula is C17H21N2O3+. The van der Waals surface area contributed by atoms with Gasteiger partial charge in [0.1, 0.15) is 12.3 Å². The number of nitrogens with one attached hydrogen (secondary N) is 1. The maximum atomic E-state index is 10.8. The number of nitro benzene ring substituents is 1. The molecule has 1 N–H and O–H groups in total. The van der Waals surface area contributed by atoms with Gasteiger partial charge in [-0.3, -0.25) is 10.1 Å². The summed E-state index contributed by atoms with van der Waals surface area (Å²) in [5, 5.41) is 10.8. The third-order valence-corrected chi connectivity index (χ3v) is 4.46. The zero-order valence-corrected chi connectivity index (χ0v) is 12.5. The van der Waals surface area contributed by atoms with Gasteiger partial charge in [0, 0.05) is 24.1 Å². The lowest BCUT2D eigenvalue weighted by Crippen LogP contribution is -3.11. The smallest absolute Gasteiger partial charge is 0.269 e. The number of likely N-dealkylation sites (tertiary alicyclic amines) is 1. The quantitative estimate of drug-likeness (QED) is 0.680. The summed E-state index contributed by atoms with van der Waals surface area (Å²) in [6.45, 7) is 3.11. The van der Waals surface area contributed by atoms with Crippen LogP contribution in [0.15, 0.2) is 47.1 Å². The van der Waals surface area contributed by atoms with Gasteiger partial charge in [-0.25, -0.2) is 0 Å². The fourth-order valence-electron chi connectivity index (χ4n) is 3.25. The third kappa shape index (κ3) is 3.74. The molecule has 0 radical (unpaired) electrons. The highest BCUT2D eigenvalue weighted by molar-refractivity contribution is 5.33. The Hall–Kier alpha value is -2.14. The standard InChI is InChI=1S/C17H20N2O3/c20-19(21)16-4-1-3-15(11-16)13-18-8-6-14(7-9-18)12-17-5-2-10-22-17/h1-5,10-11,14H,6-9,12-13H2/p+1. The highest BCUT2D eigenvalue weighted by Gasteiger charge is 2.23. The van der Waals surface area contributed by atoms with Crippen molar-refractivity contribution in [2.45, 2.75) is 25.8 Å². The summed E-state index contributed by atoms with van der Waals surface area (Å²) < 4.78 is 5.42. The molecule has 0 amide bonds. The molecule has 1 aliphatic heterocycles. The largest absolute Gasteiger partial charge is 0.469 e. The van der Waals surface area contributed by atoms with Crippen LogP contribution in [0.4, 0.5) is 5.69 Å². The van der Waals surface area contributed by atoms with E-state index in [2.05, 4.69) is 0 Å². The van der Waals surface area contributed by atoms with Gasteiger partial charge in [-0.15, -0.1) is 0 Å². The molecule has 0 unspecified atom stereocenters. The van der Waals surface area contributed by atoms with Crippen LogP contribution in [0.1, 0.15) is 24.2 Å². The fourth-order valence-corrected chi connectivity index (χ4v) is 3.25. The molecule has 5 heteroatoms.